The van der Waals surface area contributed by atoms with Crippen LogP contribution in [0.5, 0.6) is 5.75 Å². The summed E-state index contributed by atoms with van der Waals surface area (Å²) in [5, 5.41) is 4.55. The highest BCUT2D eigenvalue weighted by atomic mass is 32.1. The summed E-state index contributed by atoms with van der Waals surface area (Å²) in [7, 11) is 5.15. The van der Waals surface area contributed by atoms with Crippen LogP contribution in [0.4, 0.5) is 10.2 Å². The number of benzene rings is 1. The van der Waals surface area contributed by atoms with E-state index in [1.54, 1.807) is 31.5 Å². The van der Waals surface area contributed by atoms with Crippen molar-refractivity contribution < 1.29 is 13.9 Å². The number of imidazole rings is 1. The lowest BCUT2D eigenvalue weighted by Crippen LogP contribution is -2.18. The predicted molar refractivity (Wildman–Crippen MR) is 128 cm³/mol. The van der Waals surface area contributed by atoms with Crippen LogP contribution in [0, 0.1) is 12.7 Å². The lowest BCUT2D eigenvalue weighted by Gasteiger charge is -2.16. The van der Waals surface area contributed by atoms with Gasteiger partial charge in [0.2, 0.25) is 0 Å². The van der Waals surface area contributed by atoms with E-state index in [4.69, 9.17) is 19.4 Å². The number of hydrogen-bond acceptors (Lipinski definition) is 7. The van der Waals surface area contributed by atoms with Crippen LogP contribution in [0.15, 0.2) is 30.6 Å². The molecule has 172 valence electrons. The van der Waals surface area contributed by atoms with Gasteiger partial charge in [0, 0.05) is 43.0 Å². The SMILES string of the molecule is COc1cccc(-c2sc3nc(-c4nccn4C)nc(N[C@@H]4CC[C@@H](OC)C4)c3c2C)c1F. The molecule has 0 amide bonds. The number of hydrogen-bond donors (Lipinski definition) is 1. The van der Waals surface area contributed by atoms with Crippen LogP contribution in [-0.4, -0.2) is 45.9 Å². The first-order valence-corrected chi connectivity index (χ1v) is 11.7. The summed E-state index contributed by atoms with van der Waals surface area (Å²) in [5.74, 6) is 1.82. The molecule has 9 heteroatoms. The van der Waals surface area contributed by atoms with Gasteiger partial charge in [-0.2, -0.15) is 0 Å². The second-order valence-corrected chi connectivity index (χ2v) is 9.33. The van der Waals surface area contributed by atoms with Gasteiger partial charge in [-0.05, 0) is 37.8 Å². The predicted octanol–water partition coefficient (Wildman–Crippen LogP) is 5.19. The molecule has 1 fully saturated rings. The first-order valence-electron chi connectivity index (χ1n) is 10.9. The summed E-state index contributed by atoms with van der Waals surface area (Å²) in [6.45, 7) is 1.99. The lowest BCUT2D eigenvalue weighted by molar-refractivity contribution is 0.108. The van der Waals surface area contributed by atoms with Crippen LogP contribution in [0.1, 0.15) is 24.8 Å². The Morgan fingerprint density at radius 3 is 2.76 bits per heavy atom. The molecule has 2 atom stereocenters. The molecule has 7 nitrogen and oxygen atoms in total. The number of fused-ring (bicyclic) bond motifs is 1. The van der Waals surface area contributed by atoms with Gasteiger partial charge < -0.3 is 19.4 Å². The standard InChI is InChI=1S/C24H26FN5O2S/c1-13-18-21(27-14-8-9-15(12-14)31-3)28-22(23-26-10-11-30(23)2)29-24(18)33-20(13)16-6-5-7-17(32-4)19(16)25/h5-7,10-11,14-15H,8-9,12H2,1-4H3,(H,27,28,29)/t14-,15-/m1/s1. The van der Waals surface area contributed by atoms with Crippen molar-refractivity contribution in [1.29, 1.82) is 0 Å². The topological polar surface area (TPSA) is 74.1 Å². The monoisotopic (exact) mass is 467 g/mol. The molecule has 0 unspecified atom stereocenters. The highest BCUT2D eigenvalue weighted by Crippen LogP contribution is 2.43. The number of methoxy groups -OCH3 is 2. The Hall–Kier alpha value is -3.04. The highest BCUT2D eigenvalue weighted by molar-refractivity contribution is 7.22. The molecule has 0 radical (unpaired) electrons. The maximum absolute atomic E-state index is 15.1. The highest BCUT2D eigenvalue weighted by Gasteiger charge is 2.27. The van der Waals surface area contributed by atoms with Crippen molar-refractivity contribution >= 4 is 27.4 Å². The van der Waals surface area contributed by atoms with Gasteiger partial charge in [0.05, 0.1) is 18.6 Å². The number of aryl methyl sites for hydroxylation is 2. The number of anilines is 1. The third kappa shape index (κ3) is 3.85. The van der Waals surface area contributed by atoms with E-state index in [0.717, 1.165) is 45.7 Å². The van der Waals surface area contributed by atoms with E-state index >= 15 is 4.39 Å². The van der Waals surface area contributed by atoms with Gasteiger partial charge in [0.1, 0.15) is 10.6 Å². The average molecular weight is 468 g/mol. The van der Waals surface area contributed by atoms with Crippen molar-refractivity contribution in [3.05, 3.63) is 42.0 Å². The van der Waals surface area contributed by atoms with Gasteiger partial charge in [0.15, 0.2) is 23.2 Å². The van der Waals surface area contributed by atoms with E-state index in [1.165, 1.54) is 18.4 Å². The van der Waals surface area contributed by atoms with E-state index in [1.807, 2.05) is 24.7 Å². The molecule has 1 aliphatic rings. The first kappa shape index (κ1) is 21.8. The minimum Gasteiger partial charge on any atom is -0.494 e. The zero-order chi connectivity index (χ0) is 23.1. The van der Waals surface area contributed by atoms with Crippen molar-refractivity contribution in [3.8, 4) is 27.8 Å². The van der Waals surface area contributed by atoms with Crippen molar-refractivity contribution in [1.82, 2.24) is 19.5 Å². The molecule has 33 heavy (non-hydrogen) atoms. The molecule has 0 spiro atoms. The molecular formula is C24H26FN5O2S. The number of nitrogens with one attached hydrogen (secondary N) is 1. The molecule has 3 heterocycles. The minimum absolute atomic E-state index is 0.221. The van der Waals surface area contributed by atoms with Crippen molar-refractivity contribution in [2.45, 2.75) is 38.3 Å². The van der Waals surface area contributed by atoms with Crippen LogP contribution in [0.2, 0.25) is 0 Å². The van der Waals surface area contributed by atoms with E-state index in [0.29, 0.717) is 17.2 Å². The Kier molecular flexibility index (Phi) is 5.76. The molecule has 1 aliphatic carbocycles. The van der Waals surface area contributed by atoms with Gasteiger partial charge in [-0.3, -0.25) is 0 Å². The number of nitrogens with zero attached hydrogens (tertiary/aromatic N) is 4. The van der Waals surface area contributed by atoms with Crippen LogP contribution in [0.3, 0.4) is 0 Å². The molecule has 0 bridgehead atoms. The zero-order valence-electron chi connectivity index (χ0n) is 19.1. The summed E-state index contributed by atoms with van der Waals surface area (Å²) < 4.78 is 27.8. The fourth-order valence-corrected chi connectivity index (χ4v) is 5.70. The van der Waals surface area contributed by atoms with Crippen LogP contribution in [-0.2, 0) is 11.8 Å². The second kappa shape index (κ2) is 8.72. The molecule has 0 aliphatic heterocycles. The fraction of sp³-hybridized carbons (Fsp3) is 0.375. The van der Waals surface area contributed by atoms with Crippen LogP contribution >= 0.6 is 11.3 Å². The quantitative estimate of drug-likeness (QED) is 0.420. The normalized spacial score (nSPS) is 18.2. The molecule has 4 aromatic rings. The Labute approximate surface area is 195 Å². The fourth-order valence-electron chi connectivity index (χ4n) is 4.50. The second-order valence-electron chi connectivity index (χ2n) is 8.33. The Bertz CT molecular complexity index is 1320. The number of rotatable bonds is 6. The minimum atomic E-state index is -0.375. The summed E-state index contributed by atoms with van der Waals surface area (Å²) in [6, 6.07) is 5.45. The van der Waals surface area contributed by atoms with Gasteiger partial charge in [0.25, 0.3) is 0 Å². The Balaban J connectivity index is 1.67. The van der Waals surface area contributed by atoms with E-state index in [9.17, 15) is 0 Å². The smallest absolute Gasteiger partial charge is 0.199 e. The van der Waals surface area contributed by atoms with Crippen molar-refractivity contribution in [2.75, 3.05) is 19.5 Å². The Morgan fingerprint density at radius 2 is 2.06 bits per heavy atom. The van der Waals surface area contributed by atoms with Gasteiger partial charge in [-0.1, -0.05) is 12.1 Å². The van der Waals surface area contributed by atoms with Crippen LogP contribution in [0.25, 0.3) is 32.3 Å². The molecule has 1 aromatic carbocycles. The molecular weight excluding hydrogens is 441 g/mol. The van der Waals surface area contributed by atoms with Gasteiger partial charge >= 0.3 is 0 Å². The molecule has 5 rings (SSSR count). The first-order chi connectivity index (χ1) is 16.0. The maximum Gasteiger partial charge on any atom is 0.199 e. The van der Waals surface area contributed by atoms with Crippen molar-refractivity contribution in [3.63, 3.8) is 0 Å². The van der Waals surface area contributed by atoms with Crippen molar-refractivity contribution in [2.24, 2.45) is 7.05 Å². The van der Waals surface area contributed by atoms with E-state index < -0.39 is 0 Å². The molecule has 1 saturated carbocycles. The van der Waals surface area contributed by atoms with Gasteiger partial charge in [-0.25, -0.2) is 19.3 Å². The van der Waals surface area contributed by atoms with Crippen LogP contribution < -0.4 is 10.1 Å². The number of aromatic nitrogens is 4. The van der Waals surface area contributed by atoms with E-state index in [2.05, 4.69) is 10.3 Å². The molecule has 3 aromatic heterocycles. The van der Waals surface area contributed by atoms with E-state index in [-0.39, 0.29) is 23.7 Å². The summed E-state index contributed by atoms with van der Waals surface area (Å²) >= 11 is 1.46. The lowest BCUT2D eigenvalue weighted by atomic mass is 10.1. The zero-order valence-corrected chi connectivity index (χ0v) is 19.9. The van der Waals surface area contributed by atoms with Gasteiger partial charge in [-0.15, -0.1) is 11.3 Å². The number of halogens is 1. The average Bonchev–Trinajstić information content (AvgIpc) is 3.53. The summed E-state index contributed by atoms with van der Waals surface area (Å²) in [4.78, 5) is 15.8. The largest absolute Gasteiger partial charge is 0.494 e. The third-order valence-electron chi connectivity index (χ3n) is 6.30. The summed E-state index contributed by atoms with van der Waals surface area (Å²) in [5.41, 5.74) is 1.44. The number of thiophene rings is 1. The summed E-state index contributed by atoms with van der Waals surface area (Å²) in [6.07, 6.45) is 6.78. The third-order valence-corrected chi connectivity index (χ3v) is 7.52. The molecule has 0 saturated heterocycles. The Morgan fingerprint density at radius 1 is 1.21 bits per heavy atom. The number of ether oxygens (including phenoxy) is 2. The maximum atomic E-state index is 15.1. The molecule has 1 N–H and O–H groups in total.